The quantitative estimate of drug-likeness (QED) is 0.223. The summed E-state index contributed by atoms with van der Waals surface area (Å²) in [5.74, 6) is -0.803. The molecule has 1 aromatic heterocycles. The summed E-state index contributed by atoms with van der Waals surface area (Å²) in [5, 5.41) is 2.61. The van der Waals surface area contributed by atoms with Crippen LogP contribution in [0.15, 0.2) is 48.7 Å². The van der Waals surface area contributed by atoms with Crippen molar-refractivity contribution in [1.29, 1.82) is 0 Å². The molecule has 0 bridgehead atoms. The molecule has 2 atom stereocenters. The van der Waals surface area contributed by atoms with E-state index in [1.807, 2.05) is 50.2 Å². The lowest BCUT2D eigenvalue weighted by Gasteiger charge is -2.27. The number of hydrogen-bond acceptors (Lipinski definition) is 10. The van der Waals surface area contributed by atoms with Crippen molar-refractivity contribution in [2.24, 2.45) is 0 Å². The lowest BCUT2D eigenvalue weighted by Crippen LogP contribution is -2.41. The first-order valence-corrected chi connectivity index (χ1v) is 13.6. The Morgan fingerprint density at radius 1 is 0.860 bits per heavy atom. The Morgan fingerprint density at radius 3 is 1.95 bits per heavy atom. The fourth-order valence-corrected chi connectivity index (χ4v) is 4.62. The molecule has 1 amide bonds. The number of carbonyl (C=O) groups excluding carboxylic acids is 3. The number of ether oxygens (including phenoxy) is 6. The summed E-state index contributed by atoms with van der Waals surface area (Å²) in [6.45, 7) is 8.00. The van der Waals surface area contributed by atoms with Gasteiger partial charge >= 0.3 is 11.9 Å². The summed E-state index contributed by atoms with van der Waals surface area (Å²) in [4.78, 5) is 41.7. The van der Waals surface area contributed by atoms with Crippen LogP contribution < -0.4 is 24.3 Å². The Hall–Kier alpha value is -4.80. The second kappa shape index (κ2) is 14.9. The number of aromatic nitrogens is 1. The van der Waals surface area contributed by atoms with Gasteiger partial charge in [-0.05, 0) is 74.2 Å². The Bertz CT molecular complexity index is 1400. The van der Waals surface area contributed by atoms with E-state index in [2.05, 4.69) is 10.3 Å². The largest absolute Gasteiger partial charge is 0.497 e. The lowest BCUT2D eigenvalue weighted by molar-refractivity contribution is -0.151. The van der Waals surface area contributed by atoms with Crippen LogP contribution in [-0.4, -0.2) is 63.1 Å². The zero-order chi connectivity index (χ0) is 31.7. The van der Waals surface area contributed by atoms with Crippen LogP contribution in [0.4, 0.5) is 0 Å². The number of nitrogens with one attached hydrogen (secondary N) is 1. The van der Waals surface area contributed by atoms with E-state index >= 15 is 0 Å². The molecule has 3 aromatic rings. The standard InChI is InChI=1S/C32H38N2O9/c1-18-11-23(15-25(13-18)38-6)28(24-12-19(2)14-26(16-24)39-7)21(4)43-32(37)20(3)34-31(36)29-30(42-17-41-22(5)35)27(40-8)9-10-33-29/h9-16,20-21,28H,17H2,1-8H3,(H,34,36)/t20-,21-/m0/s1. The Morgan fingerprint density at radius 2 is 1.44 bits per heavy atom. The topological polar surface area (TPSA) is 132 Å². The SMILES string of the molecule is COc1cc(C)cc(C(c2cc(C)cc(OC)c2)[C@H](C)OC(=O)[C@H](C)NC(=O)c2nccc(OC)c2OCOC(C)=O)c1. The number of nitrogens with zero attached hydrogens (tertiary/aromatic N) is 1. The third kappa shape index (κ3) is 8.60. The predicted octanol–water partition coefficient (Wildman–Crippen LogP) is 4.51. The van der Waals surface area contributed by atoms with Gasteiger partial charge in [0.05, 0.1) is 21.3 Å². The third-order valence-electron chi connectivity index (χ3n) is 6.58. The molecule has 0 aliphatic carbocycles. The number of rotatable bonds is 13. The molecule has 0 aliphatic rings. The van der Waals surface area contributed by atoms with Crippen molar-refractivity contribution >= 4 is 17.8 Å². The number of methoxy groups -OCH3 is 3. The summed E-state index contributed by atoms with van der Waals surface area (Å²) in [6, 6.07) is 12.1. The molecule has 3 rings (SSSR count). The highest BCUT2D eigenvalue weighted by atomic mass is 16.7. The summed E-state index contributed by atoms with van der Waals surface area (Å²) in [7, 11) is 4.59. The molecule has 1 heterocycles. The van der Waals surface area contributed by atoms with Gasteiger partial charge in [-0.25, -0.2) is 9.78 Å². The van der Waals surface area contributed by atoms with Gasteiger partial charge < -0.3 is 33.7 Å². The fraction of sp³-hybridized carbons (Fsp3) is 0.375. The van der Waals surface area contributed by atoms with Crippen molar-refractivity contribution in [2.45, 2.75) is 52.7 Å². The van der Waals surface area contributed by atoms with Crippen molar-refractivity contribution < 1.29 is 42.8 Å². The van der Waals surface area contributed by atoms with Crippen molar-refractivity contribution in [1.82, 2.24) is 10.3 Å². The molecule has 0 radical (unpaired) electrons. The fourth-order valence-electron chi connectivity index (χ4n) is 4.62. The van der Waals surface area contributed by atoms with Crippen LogP contribution in [0, 0.1) is 13.8 Å². The van der Waals surface area contributed by atoms with Gasteiger partial charge in [0.2, 0.25) is 6.79 Å². The van der Waals surface area contributed by atoms with Crippen LogP contribution in [0.5, 0.6) is 23.0 Å². The van der Waals surface area contributed by atoms with E-state index in [0.29, 0.717) is 11.5 Å². The van der Waals surface area contributed by atoms with Crippen LogP contribution in [0.2, 0.25) is 0 Å². The van der Waals surface area contributed by atoms with Crippen LogP contribution in [0.25, 0.3) is 0 Å². The molecule has 0 saturated heterocycles. The van der Waals surface area contributed by atoms with Crippen molar-refractivity contribution in [3.05, 3.63) is 76.6 Å². The predicted molar refractivity (Wildman–Crippen MR) is 158 cm³/mol. The molecule has 11 heteroatoms. The molecule has 0 aliphatic heterocycles. The van der Waals surface area contributed by atoms with E-state index in [1.165, 1.54) is 33.2 Å². The molecule has 0 unspecified atom stereocenters. The second-order valence-electron chi connectivity index (χ2n) is 9.97. The van der Waals surface area contributed by atoms with Gasteiger partial charge in [-0.1, -0.05) is 12.1 Å². The molecule has 230 valence electrons. The minimum Gasteiger partial charge on any atom is -0.497 e. The number of hydrogen-bond donors (Lipinski definition) is 1. The summed E-state index contributed by atoms with van der Waals surface area (Å²) < 4.78 is 32.5. The highest BCUT2D eigenvalue weighted by Crippen LogP contribution is 2.35. The number of carbonyl (C=O) groups is 3. The molecule has 11 nitrogen and oxygen atoms in total. The van der Waals surface area contributed by atoms with Gasteiger partial charge in [0.25, 0.3) is 5.91 Å². The summed E-state index contributed by atoms with van der Waals surface area (Å²) in [5.41, 5.74) is 3.58. The molecule has 1 N–H and O–H groups in total. The molecule has 43 heavy (non-hydrogen) atoms. The average Bonchev–Trinajstić information content (AvgIpc) is 2.96. The first kappa shape index (κ1) is 32.7. The molecule has 0 fully saturated rings. The smallest absolute Gasteiger partial charge is 0.328 e. The molecular formula is C32H38N2O9. The van der Waals surface area contributed by atoms with Crippen LogP contribution >= 0.6 is 0 Å². The van der Waals surface area contributed by atoms with Crippen molar-refractivity contribution in [3.63, 3.8) is 0 Å². The summed E-state index contributed by atoms with van der Waals surface area (Å²) >= 11 is 0. The van der Waals surface area contributed by atoms with Crippen LogP contribution in [-0.2, 0) is 19.1 Å². The van der Waals surface area contributed by atoms with Crippen LogP contribution in [0.1, 0.15) is 59.4 Å². The highest BCUT2D eigenvalue weighted by molar-refractivity contribution is 5.98. The van der Waals surface area contributed by atoms with E-state index in [4.69, 9.17) is 28.4 Å². The first-order valence-electron chi connectivity index (χ1n) is 13.6. The Balaban J connectivity index is 1.85. The normalized spacial score (nSPS) is 12.1. The zero-order valence-corrected chi connectivity index (χ0v) is 25.7. The number of esters is 2. The van der Waals surface area contributed by atoms with Gasteiger partial charge in [-0.2, -0.15) is 0 Å². The number of benzene rings is 2. The highest BCUT2D eigenvalue weighted by Gasteiger charge is 2.30. The van der Waals surface area contributed by atoms with E-state index in [0.717, 1.165) is 22.3 Å². The molecular weight excluding hydrogens is 556 g/mol. The lowest BCUT2D eigenvalue weighted by atomic mass is 9.85. The second-order valence-corrected chi connectivity index (χ2v) is 9.97. The van der Waals surface area contributed by atoms with Gasteiger partial charge in [0, 0.05) is 25.1 Å². The van der Waals surface area contributed by atoms with Gasteiger partial charge in [-0.15, -0.1) is 0 Å². The van der Waals surface area contributed by atoms with E-state index in [1.54, 1.807) is 21.1 Å². The monoisotopic (exact) mass is 594 g/mol. The number of aryl methyl sites for hydroxylation is 2. The van der Waals surface area contributed by atoms with E-state index < -0.39 is 36.8 Å². The minimum absolute atomic E-state index is 0.0421. The molecule has 0 spiro atoms. The Labute approximate surface area is 251 Å². The third-order valence-corrected chi connectivity index (χ3v) is 6.58. The van der Waals surface area contributed by atoms with Gasteiger partial charge in [-0.3, -0.25) is 9.59 Å². The van der Waals surface area contributed by atoms with Crippen LogP contribution in [0.3, 0.4) is 0 Å². The summed E-state index contributed by atoms with van der Waals surface area (Å²) in [6.07, 6.45) is 0.705. The number of amides is 1. The first-order chi connectivity index (χ1) is 20.5. The van der Waals surface area contributed by atoms with Crippen molar-refractivity contribution in [2.75, 3.05) is 28.1 Å². The Kier molecular flexibility index (Phi) is 11.3. The van der Waals surface area contributed by atoms with Gasteiger partial charge in [0.15, 0.2) is 17.2 Å². The molecule has 0 saturated carbocycles. The van der Waals surface area contributed by atoms with Crippen molar-refractivity contribution in [3.8, 4) is 23.0 Å². The number of pyridine rings is 1. The maximum atomic E-state index is 13.3. The maximum absolute atomic E-state index is 13.3. The maximum Gasteiger partial charge on any atom is 0.328 e. The van der Waals surface area contributed by atoms with E-state index in [9.17, 15) is 14.4 Å². The zero-order valence-electron chi connectivity index (χ0n) is 25.7. The molecule has 2 aromatic carbocycles. The minimum atomic E-state index is -1.05. The van der Waals surface area contributed by atoms with E-state index in [-0.39, 0.29) is 23.1 Å². The van der Waals surface area contributed by atoms with Gasteiger partial charge in [0.1, 0.15) is 23.6 Å². The average molecular weight is 595 g/mol.